The Bertz CT molecular complexity index is 1950. The largest absolute Gasteiger partial charge is 0.511 e. The van der Waals surface area contributed by atoms with Crippen molar-refractivity contribution in [1.29, 1.82) is 0 Å². The highest BCUT2D eigenvalue weighted by atomic mass is 32.2. The van der Waals surface area contributed by atoms with Crippen LogP contribution < -0.4 is 9.92 Å². The fourth-order valence-electron chi connectivity index (χ4n) is 5.70. The molecular weight excluding hydrogens is 645 g/mol. The van der Waals surface area contributed by atoms with Gasteiger partial charge in [-0.15, -0.1) is 0 Å². The minimum atomic E-state index is -4.19. The first-order valence-corrected chi connectivity index (χ1v) is 18.1. The summed E-state index contributed by atoms with van der Waals surface area (Å²) in [5.74, 6) is -0.457. The third-order valence-corrected chi connectivity index (χ3v) is 11.1. The molecule has 10 heteroatoms. The average Bonchev–Trinajstić information content (AvgIpc) is 3.03. The Balaban J connectivity index is 1.42. The van der Waals surface area contributed by atoms with Crippen LogP contribution in [0.3, 0.4) is 0 Å². The first-order valence-electron chi connectivity index (χ1n) is 15.9. The fraction of sp³-hybridized carbons (Fsp3) is 0.316. The average molecular weight is 687 g/mol. The minimum absolute atomic E-state index is 0.0174. The van der Waals surface area contributed by atoms with Gasteiger partial charge in [-0.05, 0) is 95.8 Å². The van der Waals surface area contributed by atoms with E-state index in [1.54, 1.807) is 49.6 Å². The zero-order valence-electron chi connectivity index (χ0n) is 28.1. The summed E-state index contributed by atoms with van der Waals surface area (Å²) in [5.41, 5.74) is 9.06. The van der Waals surface area contributed by atoms with Gasteiger partial charge < -0.3 is 19.8 Å². The summed E-state index contributed by atoms with van der Waals surface area (Å²) in [4.78, 5) is 18.5. The lowest BCUT2D eigenvalue weighted by atomic mass is 9.80. The van der Waals surface area contributed by atoms with Crippen LogP contribution in [0.5, 0.6) is 5.75 Å². The molecule has 3 aromatic carbocycles. The molecule has 0 bridgehead atoms. The number of nitrogens with two attached hydrogens (primary N) is 1. The number of nitrogens with zero attached hydrogens (tertiary/aromatic N) is 1. The van der Waals surface area contributed by atoms with E-state index in [9.17, 15) is 18.3 Å². The van der Waals surface area contributed by atoms with Crippen LogP contribution in [-0.2, 0) is 31.5 Å². The number of nitrogen functional groups attached to an aromatic ring is 1. The molecule has 1 atom stereocenters. The lowest BCUT2D eigenvalue weighted by molar-refractivity contribution is -0.164. The minimum Gasteiger partial charge on any atom is -0.511 e. The van der Waals surface area contributed by atoms with E-state index >= 15 is 0 Å². The van der Waals surface area contributed by atoms with Crippen molar-refractivity contribution in [1.82, 2.24) is 4.98 Å². The Hall–Kier alpha value is -4.28. The van der Waals surface area contributed by atoms with Crippen LogP contribution in [0.4, 0.5) is 5.69 Å². The number of aliphatic hydroxyl groups is 1. The second-order valence-corrected chi connectivity index (χ2v) is 16.2. The molecule has 2 heterocycles. The number of carbonyl (C=O) groups is 1. The van der Waals surface area contributed by atoms with Crippen LogP contribution in [0.25, 0.3) is 11.1 Å². The number of aryl methyl sites for hydroxylation is 2. The molecule has 0 saturated heterocycles. The summed E-state index contributed by atoms with van der Waals surface area (Å²) in [7, 11) is -4.19. The van der Waals surface area contributed by atoms with Crippen LogP contribution in [0.1, 0.15) is 64.2 Å². The lowest BCUT2D eigenvalue weighted by Gasteiger charge is -2.40. The number of esters is 1. The normalized spacial score (nSPS) is 17.0. The van der Waals surface area contributed by atoms with E-state index in [0.717, 1.165) is 28.5 Å². The molecule has 252 valence electrons. The van der Waals surface area contributed by atoms with E-state index < -0.39 is 27.1 Å². The maximum absolute atomic E-state index is 13.6. The maximum atomic E-state index is 13.6. The number of anilines is 1. The molecule has 0 fully saturated rings. The Morgan fingerprint density at radius 1 is 1.04 bits per heavy atom. The first-order chi connectivity index (χ1) is 22.6. The summed E-state index contributed by atoms with van der Waals surface area (Å²) in [5, 5.41) is 11.4. The van der Waals surface area contributed by atoms with Crippen molar-refractivity contribution in [3.05, 3.63) is 113 Å². The van der Waals surface area contributed by atoms with Gasteiger partial charge in [0.1, 0.15) is 26.9 Å². The van der Waals surface area contributed by atoms with Crippen molar-refractivity contribution in [2.75, 3.05) is 5.73 Å². The molecule has 1 aliphatic heterocycles. The smallest absolute Gasteiger partial charge is 0.349 e. The van der Waals surface area contributed by atoms with Crippen molar-refractivity contribution in [2.24, 2.45) is 5.92 Å². The number of rotatable bonds is 10. The number of pyridine rings is 1. The van der Waals surface area contributed by atoms with Gasteiger partial charge in [0.25, 0.3) is 0 Å². The molecule has 0 saturated carbocycles. The first kappa shape index (κ1) is 35.0. The quantitative estimate of drug-likeness (QED) is 0.0958. The molecule has 4 aromatic rings. The Kier molecular flexibility index (Phi) is 9.99. The summed E-state index contributed by atoms with van der Waals surface area (Å²) in [6, 6.07) is 21.3. The van der Waals surface area contributed by atoms with Crippen LogP contribution in [0.15, 0.2) is 106 Å². The van der Waals surface area contributed by atoms with Gasteiger partial charge in [-0.1, -0.05) is 76.7 Å². The van der Waals surface area contributed by atoms with Gasteiger partial charge >= 0.3 is 16.1 Å². The number of hydrogen-bond donors (Lipinski definition) is 2. The van der Waals surface area contributed by atoms with E-state index in [0.29, 0.717) is 34.6 Å². The molecule has 1 aliphatic rings. The number of carbonyl (C=O) groups excluding carboxylic acids is 1. The third kappa shape index (κ3) is 7.71. The summed E-state index contributed by atoms with van der Waals surface area (Å²) in [6.07, 6.45) is 4.72. The number of benzene rings is 3. The van der Waals surface area contributed by atoms with Crippen LogP contribution in [0, 0.1) is 12.8 Å². The highest BCUT2D eigenvalue weighted by Crippen LogP contribution is 2.46. The van der Waals surface area contributed by atoms with Crippen molar-refractivity contribution in [2.45, 2.75) is 81.6 Å². The molecule has 0 amide bonds. The molecule has 1 unspecified atom stereocenters. The van der Waals surface area contributed by atoms with Gasteiger partial charge in [0.05, 0.1) is 0 Å². The third-order valence-electron chi connectivity index (χ3n) is 8.69. The topological polar surface area (TPSA) is 129 Å². The SMILES string of the molecule is Cc1cc(SC2=C(O)CC(CCc3ccc(N)cc3)(C(C)C)OC2=O)c(C(C)(C)C)cc1OS(=O)(=O)c1cccc(-c2cccnc2)c1. The molecule has 0 spiro atoms. The Morgan fingerprint density at radius 2 is 1.75 bits per heavy atom. The molecule has 48 heavy (non-hydrogen) atoms. The van der Waals surface area contributed by atoms with E-state index in [4.69, 9.17) is 14.7 Å². The maximum Gasteiger partial charge on any atom is 0.349 e. The molecule has 8 nitrogen and oxygen atoms in total. The molecule has 1 aromatic heterocycles. The highest BCUT2D eigenvalue weighted by molar-refractivity contribution is 8.04. The molecule has 0 aliphatic carbocycles. The van der Waals surface area contributed by atoms with Crippen molar-refractivity contribution in [3.63, 3.8) is 0 Å². The second-order valence-electron chi connectivity index (χ2n) is 13.6. The van der Waals surface area contributed by atoms with Crippen LogP contribution in [0.2, 0.25) is 0 Å². The highest BCUT2D eigenvalue weighted by Gasteiger charge is 2.44. The predicted octanol–water partition coefficient (Wildman–Crippen LogP) is 8.54. The van der Waals surface area contributed by atoms with Gasteiger partial charge in [-0.3, -0.25) is 4.98 Å². The molecule has 0 radical (unpaired) electrons. The fourth-order valence-corrected chi connectivity index (χ4v) is 7.98. The number of aromatic nitrogens is 1. The van der Waals surface area contributed by atoms with E-state index in [1.165, 1.54) is 6.07 Å². The lowest BCUT2D eigenvalue weighted by Crippen LogP contribution is -2.44. The van der Waals surface area contributed by atoms with Crippen molar-refractivity contribution < 1.29 is 27.2 Å². The van der Waals surface area contributed by atoms with Gasteiger partial charge in [0, 0.05) is 35.0 Å². The van der Waals surface area contributed by atoms with Crippen LogP contribution in [-0.4, -0.2) is 30.1 Å². The van der Waals surface area contributed by atoms with Crippen LogP contribution >= 0.6 is 11.8 Å². The summed E-state index contributed by atoms with van der Waals surface area (Å²) >= 11 is 1.13. The second kappa shape index (κ2) is 13.7. The Morgan fingerprint density at radius 3 is 2.38 bits per heavy atom. The number of ether oxygens (including phenoxy) is 1. The van der Waals surface area contributed by atoms with E-state index in [2.05, 4.69) is 4.98 Å². The molecular formula is C38H42N2O6S2. The van der Waals surface area contributed by atoms with E-state index in [-0.39, 0.29) is 33.6 Å². The number of aliphatic hydroxyl groups excluding tert-OH is 1. The van der Waals surface area contributed by atoms with E-state index in [1.807, 2.05) is 71.0 Å². The number of thioether (sulfide) groups is 1. The van der Waals surface area contributed by atoms with Crippen molar-refractivity contribution in [3.8, 4) is 16.9 Å². The van der Waals surface area contributed by atoms with Gasteiger partial charge in [0.15, 0.2) is 0 Å². The molecule has 3 N–H and O–H groups in total. The van der Waals surface area contributed by atoms with Gasteiger partial charge in [-0.25, -0.2) is 4.79 Å². The summed E-state index contributed by atoms with van der Waals surface area (Å²) in [6.45, 7) is 11.7. The zero-order chi connectivity index (χ0) is 34.9. The van der Waals surface area contributed by atoms with Crippen molar-refractivity contribution >= 4 is 33.5 Å². The molecule has 5 rings (SSSR count). The standard InChI is InChI=1S/C38H42N2O6S2/c1-24(2)38(17-16-26-12-14-29(39)15-13-26)22-32(41)35(36(42)45-38)47-34-19-25(3)33(21-31(34)37(4,5)6)46-48(43,44)30-11-7-9-27(20-30)28-10-8-18-40-23-28/h7-15,18-21,23-24,41H,16-17,22,39H2,1-6H3. The Labute approximate surface area is 287 Å². The number of hydrogen-bond acceptors (Lipinski definition) is 9. The summed E-state index contributed by atoms with van der Waals surface area (Å²) < 4.78 is 38.9. The van der Waals surface area contributed by atoms with Gasteiger partial charge in [-0.2, -0.15) is 8.42 Å². The number of cyclic esters (lactones) is 1. The monoisotopic (exact) mass is 686 g/mol. The zero-order valence-corrected chi connectivity index (χ0v) is 29.7. The predicted molar refractivity (Wildman–Crippen MR) is 190 cm³/mol. The van der Waals surface area contributed by atoms with Gasteiger partial charge in [0.2, 0.25) is 0 Å².